The smallest absolute Gasteiger partial charge is 0.123 e. The first-order chi connectivity index (χ1) is 15.8. The molecule has 0 heterocycles. The van der Waals surface area contributed by atoms with Gasteiger partial charge >= 0.3 is 0 Å². The minimum Gasteiger partial charge on any atom is -0.489 e. The van der Waals surface area contributed by atoms with E-state index >= 15 is 0 Å². The van der Waals surface area contributed by atoms with E-state index in [2.05, 4.69) is 52.3 Å². The third-order valence-electron chi connectivity index (χ3n) is 4.92. The van der Waals surface area contributed by atoms with Crippen molar-refractivity contribution in [1.29, 1.82) is 0 Å². The number of hydrogen-bond acceptors (Lipinski definition) is 3. The quantitative estimate of drug-likeness (QED) is 0.219. The largest absolute Gasteiger partial charge is 0.489 e. The standard InChI is InChI=1S/C28H25BrO3/c29-18-22-11-13-26(14-12-22)30-21-25-15-27(31-19-23-7-3-1-4-8-23)17-28(16-25)32-20-24-9-5-2-6-10-24/h1-17H,18-21H2. The molecule has 0 saturated carbocycles. The summed E-state index contributed by atoms with van der Waals surface area (Å²) in [6.45, 7) is 1.42. The maximum absolute atomic E-state index is 6.07. The van der Waals surface area contributed by atoms with Crippen LogP contribution in [0, 0.1) is 0 Å². The Balaban J connectivity index is 1.47. The summed E-state index contributed by atoms with van der Waals surface area (Å²) in [5, 5.41) is 0.830. The Morgan fingerprint density at radius 3 is 1.41 bits per heavy atom. The van der Waals surface area contributed by atoms with E-state index in [0.29, 0.717) is 19.8 Å². The number of hydrogen-bond donors (Lipinski definition) is 0. The van der Waals surface area contributed by atoms with Crippen LogP contribution in [-0.2, 0) is 25.2 Å². The van der Waals surface area contributed by atoms with Crippen LogP contribution in [0.2, 0.25) is 0 Å². The maximum Gasteiger partial charge on any atom is 0.123 e. The molecule has 0 aliphatic carbocycles. The van der Waals surface area contributed by atoms with E-state index in [-0.39, 0.29) is 0 Å². The zero-order valence-corrected chi connectivity index (χ0v) is 19.3. The number of alkyl halides is 1. The van der Waals surface area contributed by atoms with Crippen molar-refractivity contribution < 1.29 is 14.2 Å². The Hall–Kier alpha value is -3.24. The molecule has 0 aliphatic rings. The molecule has 0 N–H and O–H groups in total. The van der Waals surface area contributed by atoms with Gasteiger partial charge in [0.2, 0.25) is 0 Å². The molecule has 4 heteroatoms. The Kier molecular flexibility index (Phi) is 7.83. The topological polar surface area (TPSA) is 27.7 Å². The Morgan fingerprint density at radius 1 is 0.438 bits per heavy atom. The molecule has 0 bridgehead atoms. The number of rotatable bonds is 10. The number of ether oxygens (including phenoxy) is 3. The fourth-order valence-electron chi connectivity index (χ4n) is 3.20. The van der Waals surface area contributed by atoms with Gasteiger partial charge in [0, 0.05) is 11.4 Å². The zero-order valence-electron chi connectivity index (χ0n) is 17.7. The summed E-state index contributed by atoms with van der Waals surface area (Å²) in [7, 11) is 0. The second-order valence-electron chi connectivity index (χ2n) is 7.43. The first-order valence-electron chi connectivity index (χ1n) is 10.5. The molecular formula is C28H25BrO3. The summed E-state index contributed by atoms with van der Waals surface area (Å²) < 4.78 is 18.1. The normalized spacial score (nSPS) is 10.5. The Morgan fingerprint density at radius 2 is 0.906 bits per heavy atom. The monoisotopic (exact) mass is 488 g/mol. The van der Waals surface area contributed by atoms with Gasteiger partial charge in [-0.05, 0) is 46.5 Å². The van der Waals surface area contributed by atoms with Crippen molar-refractivity contribution in [2.75, 3.05) is 0 Å². The first-order valence-corrected chi connectivity index (χ1v) is 11.7. The van der Waals surface area contributed by atoms with Gasteiger partial charge in [-0.2, -0.15) is 0 Å². The molecule has 4 rings (SSSR count). The van der Waals surface area contributed by atoms with Crippen LogP contribution in [0.3, 0.4) is 0 Å². The highest BCUT2D eigenvalue weighted by Gasteiger charge is 2.06. The van der Waals surface area contributed by atoms with Crippen molar-refractivity contribution in [1.82, 2.24) is 0 Å². The average molecular weight is 489 g/mol. The van der Waals surface area contributed by atoms with Gasteiger partial charge in [-0.3, -0.25) is 0 Å². The van der Waals surface area contributed by atoms with Gasteiger partial charge in [-0.15, -0.1) is 0 Å². The molecule has 4 aromatic carbocycles. The summed E-state index contributed by atoms with van der Waals surface area (Å²) >= 11 is 3.47. The average Bonchev–Trinajstić information content (AvgIpc) is 2.86. The summed E-state index contributed by atoms with van der Waals surface area (Å²) in [5.74, 6) is 2.34. The number of benzene rings is 4. The molecule has 0 amide bonds. The van der Waals surface area contributed by atoms with Crippen LogP contribution in [0.5, 0.6) is 17.2 Å². The van der Waals surface area contributed by atoms with Gasteiger partial charge in [0.1, 0.15) is 37.1 Å². The lowest BCUT2D eigenvalue weighted by molar-refractivity contribution is 0.281. The molecule has 0 saturated heterocycles. The van der Waals surface area contributed by atoms with E-state index in [1.165, 1.54) is 5.56 Å². The van der Waals surface area contributed by atoms with Crippen LogP contribution in [-0.4, -0.2) is 0 Å². The summed E-state index contributed by atoms with van der Waals surface area (Å²) in [4.78, 5) is 0. The molecule has 0 aliphatic heterocycles. The van der Waals surface area contributed by atoms with Gasteiger partial charge < -0.3 is 14.2 Å². The molecule has 162 valence electrons. The summed E-state index contributed by atoms with van der Waals surface area (Å²) in [6.07, 6.45) is 0. The molecule has 0 aromatic heterocycles. The fraction of sp³-hybridized carbons (Fsp3) is 0.143. The molecule has 0 radical (unpaired) electrons. The van der Waals surface area contributed by atoms with Gasteiger partial charge in [0.15, 0.2) is 0 Å². The highest BCUT2D eigenvalue weighted by atomic mass is 79.9. The predicted molar refractivity (Wildman–Crippen MR) is 131 cm³/mol. The molecular weight excluding hydrogens is 464 g/mol. The van der Waals surface area contributed by atoms with Gasteiger partial charge in [0.25, 0.3) is 0 Å². The van der Waals surface area contributed by atoms with E-state index in [9.17, 15) is 0 Å². The summed E-state index contributed by atoms with van der Waals surface area (Å²) in [6, 6.07) is 34.3. The number of halogens is 1. The lowest BCUT2D eigenvalue weighted by Crippen LogP contribution is -2.01. The third-order valence-corrected chi connectivity index (χ3v) is 5.57. The molecule has 32 heavy (non-hydrogen) atoms. The van der Waals surface area contributed by atoms with Crippen LogP contribution in [0.15, 0.2) is 103 Å². The fourth-order valence-corrected chi connectivity index (χ4v) is 3.58. The van der Waals surface area contributed by atoms with Gasteiger partial charge in [0.05, 0.1) is 0 Å². The second kappa shape index (κ2) is 11.4. The Labute approximate surface area is 197 Å². The van der Waals surface area contributed by atoms with E-state index in [1.54, 1.807) is 0 Å². The highest BCUT2D eigenvalue weighted by Crippen LogP contribution is 2.26. The van der Waals surface area contributed by atoms with E-state index in [4.69, 9.17) is 14.2 Å². The van der Waals surface area contributed by atoms with Gasteiger partial charge in [-0.25, -0.2) is 0 Å². The lowest BCUT2D eigenvalue weighted by Gasteiger charge is -2.14. The Bertz CT molecular complexity index is 1030. The molecule has 0 spiro atoms. The minimum absolute atomic E-state index is 0.428. The van der Waals surface area contributed by atoms with Crippen molar-refractivity contribution >= 4 is 15.9 Å². The molecule has 4 aromatic rings. The van der Waals surface area contributed by atoms with Crippen LogP contribution in [0.4, 0.5) is 0 Å². The molecule has 0 unspecified atom stereocenters. The van der Waals surface area contributed by atoms with Crippen LogP contribution < -0.4 is 14.2 Å². The molecule has 0 atom stereocenters. The minimum atomic E-state index is 0.428. The van der Waals surface area contributed by atoms with Gasteiger partial charge in [-0.1, -0.05) is 88.7 Å². The molecule has 0 fully saturated rings. The SMILES string of the molecule is BrCc1ccc(OCc2cc(OCc3ccccc3)cc(OCc3ccccc3)c2)cc1. The van der Waals surface area contributed by atoms with E-state index in [0.717, 1.165) is 39.3 Å². The predicted octanol–water partition coefficient (Wildman–Crippen LogP) is 7.32. The third kappa shape index (κ3) is 6.63. The van der Waals surface area contributed by atoms with E-state index < -0.39 is 0 Å². The van der Waals surface area contributed by atoms with Crippen molar-refractivity contribution in [3.8, 4) is 17.2 Å². The van der Waals surface area contributed by atoms with Crippen molar-refractivity contribution in [3.05, 3.63) is 125 Å². The highest BCUT2D eigenvalue weighted by molar-refractivity contribution is 9.08. The van der Waals surface area contributed by atoms with Crippen molar-refractivity contribution in [2.45, 2.75) is 25.2 Å². The second-order valence-corrected chi connectivity index (χ2v) is 7.99. The first kappa shape index (κ1) is 22.0. The van der Waals surface area contributed by atoms with Crippen LogP contribution >= 0.6 is 15.9 Å². The summed E-state index contributed by atoms with van der Waals surface area (Å²) in [5.41, 5.74) is 4.44. The lowest BCUT2D eigenvalue weighted by atomic mass is 10.2. The van der Waals surface area contributed by atoms with Crippen LogP contribution in [0.1, 0.15) is 22.3 Å². The zero-order chi connectivity index (χ0) is 22.0. The van der Waals surface area contributed by atoms with Crippen LogP contribution in [0.25, 0.3) is 0 Å². The van der Waals surface area contributed by atoms with Crippen molar-refractivity contribution in [3.63, 3.8) is 0 Å². The maximum atomic E-state index is 6.07. The molecule has 3 nitrogen and oxygen atoms in total. The van der Waals surface area contributed by atoms with E-state index in [1.807, 2.05) is 66.7 Å². The van der Waals surface area contributed by atoms with Crippen molar-refractivity contribution in [2.24, 2.45) is 0 Å².